The Morgan fingerprint density at radius 1 is 1.18 bits per heavy atom. The number of sulfonamides is 1. The van der Waals surface area contributed by atoms with Crippen molar-refractivity contribution in [3.8, 4) is 0 Å². The van der Waals surface area contributed by atoms with Crippen LogP contribution >= 0.6 is 24.0 Å². The SMILES string of the molecule is CN=C(NCc1ccccc1S(=O)(=O)N(C)C)N1CCC2(CCCCC2)C1.I. The Hall–Kier alpha value is -0.870. The van der Waals surface area contributed by atoms with Gasteiger partial charge in [-0.05, 0) is 36.3 Å². The van der Waals surface area contributed by atoms with Crippen LogP contribution in [0.3, 0.4) is 0 Å². The van der Waals surface area contributed by atoms with Gasteiger partial charge in [-0.2, -0.15) is 0 Å². The molecule has 1 aliphatic heterocycles. The van der Waals surface area contributed by atoms with E-state index in [9.17, 15) is 8.42 Å². The number of benzene rings is 1. The Morgan fingerprint density at radius 3 is 2.50 bits per heavy atom. The van der Waals surface area contributed by atoms with Crippen LogP contribution in [0.25, 0.3) is 0 Å². The maximum Gasteiger partial charge on any atom is 0.242 e. The molecule has 1 aromatic rings. The quantitative estimate of drug-likeness (QED) is 0.376. The minimum absolute atomic E-state index is 0. The van der Waals surface area contributed by atoms with E-state index in [0.717, 1.165) is 24.6 Å². The lowest BCUT2D eigenvalue weighted by Gasteiger charge is -2.33. The van der Waals surface area contributed by atoms with Gasteiger partial charge >= 0.3 is 0 Å². The normalized spacial score (nSPS) is 19.7. The summed E-state index contributed by atoms with van der Waals surface area (Å²) in [6.45, 7) is 2.53. The topological polar surface area (TPSA) is 65.0 Å². The highest BCUT2D eigenvalue weighted by molar-refractivity contribution is 14.0. The molecule has 3 rings (SSSR count). The average molecular weight is 520 g/mol. The lowest BCUT2D eigenvalue weighted by atomic mass is 9.73. The molecule has 2 fully saturated rings. The standard InChI is InChI=1S/C20H32N4O2S.HI/c1-21-19(24-14-13-20(16-24)11-7-4-8-12-20)22-15-17-9-5-6-10-18(17)27(25,26)23(2)3;/h5-6,9-10H,4,7-8,11-16H2,1-3H3,(H,21,22);1H. The fourth-order valence-corrected chi connectivity index (χ4v) is 5.55. The van der Waals surface area contributed by atoms with E-state index >= 15 is 0 Å². The number of halogens is 1. The van der Waals surface area contributed by atoms with E-state index in [1.54, 1.807) is 33.3 Å². The minimum Gasteiger partial charge on any atom is -0.352 e. The Bertz CT molecular complexity index is 789. The second-order valence-electron chi connectivity index (χ2n) is 8.03. The lowest BCUT2D eigenvalue weighted by molar-refractivity contribution is 0.203. The van der Waals surface area contributed by atoms with E-state index in [1.165, 1.54) is 42.8 Å². The highest BCUT2D eigenvalue weighted by atomic mass is 127. The van der Waals surface area contributed by atoms with E-state index in [2.05, 4.69) is 15.2 Å². The zero-order valence-electron chi connectivity index (χ0n) is 17.1. The van der Waals surface area contributed by atoms with Crippen molar-refractivity contribution in [3.05, 3.63) is 29.8 Å². The molecule has 6 nitrogen and oxygen atoms in total. The zero-order chi connectivity index (χ0) is 19.5. The molecule has 1 aliphatic carbocycles. The Kier molecular flexibility index (Phi) is 8.16. The van der Waals surface area contributed by atoms with Crippen molar-refractivity contribution in [1.82, 2.24) is 14.5 Å². The summed E-state index contributed by atoms with van der Waals surface area (Å²) in [7, 11) is 1.46. The van der Waals surface area contributed by atoms with Gasteiger partial charge in [-0.25, -0.2) is 12.7 Å². The summed E-state index contributed by atoms with van der Waals surface area (Å²) in [5.41, 5.74) is 1.22. The maximum absolute atomic E-state index is 12.6. The van der Waals surface area contributed by atoms with E-state index in [0.29, 0.717) is 16.9 Å². The van der Waals surface area contributed by atoms with Gasteiger partial charge in [0.1, 0.15) is 0 Å². The van der Waals surface area contributed by atoms with Gasteiger partial charge < -0.3 is 10.2 Å². The monoisotopic (exact) mass is 520 g/mol. The fraction of sp³-hybridized carbons (Fsp3) is 0.650. The van der Waals surface area contributed by atoms with E-state index in [4.69, 9.17) is 0 Å². The Morgan fingerprint density at radius 2 is 1.86 bits per heavy atom. The molecule has 1 spiro atoms. The first kappa shape index (κ1) is 23.4. The van der Waals surface area contributed by atoms with Crippen LogP contribution in [0.2, 0.25) is 0 Å². The second kappa shape index (κ2) is 9.75. The number of nitrogens with zero attached hydrogens (tertiary/aromatic N) is 3. The summed E-state index contributed by atoms with van der Waals surface area (Å²) in [6.07, 6.45) is 7.94. The third-order valence-electron chi connectivity index (χ3n) is 6.03. The van der Waals surface area contributed by atoms with Crippen molar-refractivity contribution in [2.24, 2.45) is 10.4 Å². The van der Waals surface area contributed by atoms with Crippen molar-refractivity contribution in [2.45, 2.75) is 50.0 Å². The van der Waals surface area contributed by atoms with E-state index in [-0.39, 0.29) is 24.0 Å². The van der Waals surface area contributed by atoms with Gasteiger partial charge in [0.05, 0.1) is 4.90 Å². The molecule has 0 radical (unpaired) electrons. The van der Waals surface area contributed by atoms with Gasteiger partial charge in [-0.1, -0.05) is 37.5 Å². The number of guanidine groups is 1. The summed E-state index contributed by atoms with van der Waals surface area (Å²) >= 11 is 0. The van der Waals surface area contributed by atoms with Gasteiger partial charge in [0, 0.05) is 40.8 Å². The molecule has 0 unspecified atom stereocenters. The third kappa shape index (κ3) is 4.99. The van der Waals surface area contributed by atoms with Crippen LogP contribution in [0.4, 0.5) is 0 Å². The molecule has 1 N–H and O–H groups in total. The van der Waals surface area contributed by atoms with Crippen molar-refractivity contribution in [2.75, 3.05) is 34.2 Å². The van der Waals surface area contributed by atoms with Crippen LogP contribution in [-0.2, 0) is 16.6 Å². The van der Waals surface area contributed by atoms with E-state index in [1.807, 2.05) is 12.1 Å². The first-order valence-electron chi connectivity index (χ1n) is 9.84. The van der Waals surface area contributed by atoms with Gasteiger partial charge in [0.2, 0.25) is 10.0 Å². The predicted octanol–water partition coefficient (Wildman–Crippen LogP) is 3.29. The molecule has 1 heterocycles. The number of likely N-dealkylation sites (tertiary alicyclic amines) is 1. The van der Waals surface area contributed by atoms with Crippen molar-refractivity contribution in [1.29, 1.82) is 0 Å². The molecule has 1 saturated heterocycles. The highest BCUT2D eigenvalue weighted by Gasteiger charge is 2.39. The molecule has 2 aliphatic rings. The predicted molar refractivity (Wildman–Crippen MR) is 125 cm³/mol. The van der Waals surface area contributed by atoms with Crippen LogP contribution in [0.15, 0.2) is 34.2 Å². The average Bonchev–Trinajstić information content (AvgIpc) is 3.06. The molecule has 8 heteroatoms. The number of rotatable bonds is 4. The number of nitrogens with one attached hydrogen (secondary N) is 1. The highest BCUT2D eigenvalue weighted by Crippen LogP contribution is 2.43. The number of hydrogen-bond donors (Lipinski definition) is 1. The zero-order valence-corrected chi connectivity index (χ0v) is 20.3. The molecule has 0 atom stereocenters. The third-order valence-corrected chi connectivity index (χ3v) is 7.95. The lowest BCUT2D eigenvalue weighted by Crippen LogP contribution is -2.41. The van der Waals surface area contributed by atoms with Crippen LogP contribution in [0.1, 0.15) is 44.1 Å². The maximum atomic E-state index is 12.6. The van der Waals surface area contributed by atoms with Gasteiger partial charge in [-0.3, -0.25) is 4.99 Å². The Labute approximate surface area is 186 Å². The second-order valence-corrected chi connectivity index (χ2v) is 10.1. The minimum atomic E-state index is -3.46. The molecule has 1 aromatic carbocycles. The number of aliphatic imine (C=N–C) groups is 1. The molecule has 158 valence electrons. The summed E-state index contributed by atoms with van der Waals surface area (Å²) in [4.78, 5) is 7.15. The van der Waals surface area contributed by atoms with Crippen molar-refractivity contribution < 1.29 is 8.42 Å². The molecular weight excluding hydrogens is 487 g/mol. The van der Waals surface area contributed by atoms with Gasteiger partial charge in [0.25, 0.3) is 0 Å². The summed E-state index contributed by atoms with van der Waals surface area (Å²) in [5.74, 6) is 0.870. The van der Waals surface area contributed by atoms with Crippen LogP contribution in [-0.4, -0.2) is 57.8 Å². The van der Waals surface area contributed by atoms with Crippen molar-refractivity contribution >= 4 is 40.0 Å². The fourth-order valence-electron chi connectivity index (χ4n) is 4.43. The smallest absolute Gasteiger partial charge is 0.242 e. The largest absolute Gasteiger partial charge is 0.352 e. The molecular formula is C20H33IN4O2S. The molecule has 0 aromatic heterocycles. The summed E-state index contributed by atoms with van der Waals surface area (Å²) in [6, 6.07) is 7.18. The first-order valence-corrected chi connectivity index (χ1v) is 11.3. The molecule has 1 saturated carbocycles. The Balaban J connectivity index is 0.00000280. The van der Waals surface area contributed by atoms with Crippen molar-refractivity contribution in [3.63, 3.8) is 0 Å². The summed E-state index contributed by atoms with van der Waals surface area (Å²) in [5, 5.41) is 3.39. The molecule has 0 bridgehead atoms. The van der Waals surface area contributed by atoms with Crippen LogP contribution < -0.4 is 5.32 Å². The summed E-state index contributed by atoms with van der Waals surface area (Å²) < 4.78 is 26.4. The van der Waals surface area contributed by atoms with Gasteiger partial charge in [-0.15, -0.1) is 24.0 Å². The van der Waals surface area contributed by atoms with E-state index < -0.39 is 10.0 Å². The molecule has 28 heavy (non-hydrogen) atoms. The first-order chi connectivity index (χ1) is 12.9. The van der Waals surface area contributed by atoms with Crippen LogP contribution in [0.5, 0.6) is 0 Å². The van der Waals surface area contributed by atoms with Crippen LogP contribution in [0, 0.1) is 5.41 Å². The molecule has 0 amide bonds. The number of hydrogen-bond acceptors (Lipinski definition) is 3. The van der Waals surface area contributed by atoms with Gasteiger partial charge in [0.15, 0.2) is 5.96 Å².